The number of benzene rings is 6. The molecular formula is C72H75BBr2F3N13O12. The Labute approximate surface area is 610 Å². The molecule has 538 valence electrons. The van der Waals surface area contributed by atoms with E-state index in [1.807, 2.05) is 4.90 Å². The van der Waals surface area contributed by atoms with Gasteiger partial charge >= 0.3 is 18.3 Å². The van der Waals surface area contributed by atoms with Crippen LogP contribution in [0.1, 0.15) is 38.5 Å². The lowest BCUT2D eigenvalue weighted by Gasteiger charge is -2.32. The Morgan fingerprint density at radius 3 is 1.06 bits per heavy atom. The van der Waals surface area contributed by atoms with Gasteiger partial charge in [0, 0.05) is 102 Å². The molecular weight excluding hydrogens is 1470 g/mol. The van der Waals surface area contributed by atoms with Gasteiger partial charge in [-0.1, -0.05) is 43.4 Å². The summed E-state index contributed by atoms with van der Waals surface area (Å²) in [7, 11) is 10.4. The van der Waals surface area contributed by atoms with Crippen molar-refractivity contribution in [1.29, 1.82) is 0 Å². The van der Waals surface area contributed by atoms with Crippen LogP contribution in [0.25, 0.3) is 32.7 Å². The first-order valence-electron chi connectivity index (χ1n) is 33.7. The van der Waals surface area contributed by atoms with E-state index in [2.05, 4.69) is 77.7 Å². The van der Waals surface area contributed by atoms with Gasteiger partial charge < -0.3 is 73.3 Å². The molecule has 3 aliphatic rings. The van der Waals surface area contributed by atoms with E-state index in [4.69, 9.17) is 50.5 Å². The molecule has 3 N–H and O–H groups in total. The number of nitrogens with one attached hydrogen (secondary N) is 3. The molecule has 3 fully saturated rings. The molecule has 0 spiro atoms. The van der Waals surface area contributed by atoms with Gasteiger partial charge in [-0.05, 0) is 123 Å². The van der Waals surface area contributed by atoms with Gasteiger partial charge in [0.1, 0.15) is 81.6 Å². The van der Waals surface area contributed by atoms with Gasteiger partial charge in [-0.3, -0.25) is 4.90 Å². The number of likely N-dealkylation sites (tertiary alicyclic amines) is 3. The van der Waals surface area contributed by atoms with Gasteiger partial charge in [-0.2, -0.15) is 0 Å². The topological polar surface area (TPSA) is 261 Å². The summed E-state index contributed by atoms with van der Waals surface area (Å²) >= 11 is 6.58. The van der Waals surface area contributed by atoms with Crippen LogP contribution < -0.4 is 49.8 Å². The molecule has 0 aliphatic carbocycles. The zero-order chi connectivity index (χ0) is 71.9. The molecule has 0 atom stereocenters. The average Bonchev–Trinajstić information content (AvgIpc) is 0.801. The minimum absolute atomic E-state index is 0.0162. The van der Waals surface area contributed by atoms with Crippen molar-refractivity contribution in [3.8, 4) is 34.5 Å². The SMILES string of the molecule is [B]c1ccc(Nc2ncnc3cc(OCC4CCN(C(=O)OCCN(CCOC(=O)N5CCC(COc6cc7ncnc(Nc8ccc(Br)cc8F)c7cc6OC)CC5)CCOC(=O)N5CCC(COc6cc7ncnc(Nc8ccc(Br)cc8F)c7cc6OC)CC5)CC4)c(OC)cc23)c(F)c1. The monoisotopic (exact) mass is 1540 g/mol. The summed E-state index contributed by atoms with van der Waals surface area (Å²) in [5.74, 6) is 2.87. The third kappa shape index (κ3) is 18.7. The van der Waals surface area contributed by atoms with Crippen LogP contribution in [0.4, 0.5) is 62.1 Å². The highest BCUT2D eigenvalue weighted by atomic mass is 79.9. The summed E-state index contributed by atoms with van der Waals surface area (Å²) in [6.45, 7) is 4.55. The number of amides is 3. The lowest BCUT2D eigenvalue weighted by atomic mass is 9.96. The van der Waals surface area contributed by atoms with Crippen LogP contribution in [0.5, 0.6) is 34.5 Å². The van der Waals surface area contributed by atoms with Crippen molar-refractivity contribution in [2.75, 3.05) is 136 Å². The van der Waals surface area contributed by atoms with E-state index in [0.29, 0.717) is 197 Å². The maximum Gasteiger partial charge on any atom is 0.409 e. The third-order valence-electron chi connectivity index (χ3n) is 18.3. The lowest BCUT2D eigenvalue weighted by molar-refractivity contribution is 0.0499. The lowest BCUT2D eigenvalue weighted by Crippen LogP contribution is -2.43. The Bertz CT molecular complexity index is 4060. The van der Waals surface area contributed by atoms with Crippen LogP contribution in [0.15, 0.2) is 119 Å². The molecule has 2 radical (unpaired) electrons. The van der Waals surface area contributed by atoms with Crippen molar-refractivity contribution in [2.45, 2.75) is 38.5 Å². The minimum atomic E-state index is -0.529. The quantitative estimate of drug-likeness (QED) is 0.0319. The van der Waals surface area contributed by atoms with Crippen molar-refractivity contribution in [1.82, 2.24) is 49.5 Å². The van der Waals surface area contributed by atoms with Crippen LogP contribution in [-0.2, 0) is 14.2 Å². The van der Waals surface area contributed by atoms with Gasteiger partial charge in [0.2, 0.25) is 0 Å². The van der Waals surface area contributed by atoms with E-state index in [-0.39, 0.29) is 74.3 Å². The van der Waals surface area contributed by atoms with Crippen molar-refractivity contribution >= 4 is 131 Å². The van der Waals surface area contributed by atoms with Crippen LogP contribution in [-0.4, -0.2) is 196 Å². The Morgan fingerprint density at radius 2 is 0.757 bits per heavy atom. The molecule has 0 bridgehead atoms. The van der Waals surface area contributed by atoms with Crippen LogP contribution >= 0.6 is 31.9 Å². The summed E-state index contributed by atoms with van der Waals surface area (Å²) in [5, 5.41) is 10.9. The number of halogens is 5. The van der Waals surface area contributed by atoms with Gasteiger partial charge in [0.05, 0.1) is 74.8 Å². The predicted molar refractivity (Wildman–Crippen MR) is 388 cm³/mol. The van der Waals surface area contributed by atoms with E-state index in [0.717, 1.165) is 0 Å². The molecule has 3 amide bonds. The molecule has 12 rings (SSSR count). The summed E-state index contributed by atoms with van der Waals surface area (Å²) < 4.78 is 99.0. The number of piperidine rings is 3. The molecule has 6 aromatic carbocycles. The van der Waals surface area contributed by atoms with Gasteiger partial charge in [0.25, 0.3) is 0 Å². The molecule has 3 aliphatic heterocycles. The molecule has 103 heavy (non-hydrogen) atoms. The second kappa shape index (κ2) is 34.4. The number of aromatic nitrogens is 6. The Balaban J connectivity index is 0.609. The highest BCUT2D eigenvalue weighted by Crippen LogP contribution is 2.40. The number of methoxy groups -OCH3 is 3. The smallest absolute Gasteiger partial charge is 0.409 e. The highest BCUT2D eigenvalue weighted by molar-refractivity contribution is 9.10. The molecule has 9 aromatic rings. The fraction of sp³-hybridized carbons (Fsp3) is 0.375. The number of ether oxygens (including phenoxy) is 9. The molecule has 0 saturated carbocycles. The second-order valence-electron chi connectivity index (χ2n) is 25.0. The number of hydrogen-bond acceptors (Lipinski definition) is 22. The molecule has 3 aromatic heterocycles. The molecule has 25 nitrogen and oxygen atoms in total. The normalized spacial score (nSPS) is 14.6. The van der Waals surface area contributed by atoms with E-state index < -0.39 is 35.7 Å². The van der Waals surface area contributed by atoms with E-state index >= 15 is 0 Å². The summed E-state index contributed by atoms with van der Waals surface area (Å²) in [6.07, 6.45) is 6.70. The number of carbonyl (C=O) groups excluding carboxylic acids is 3. The van der Waals surface area contributed by atoms with Crippen molar-refractivity contribution in [2.24, 2.45) is 17.8 Å². The number of rotatable bonds is 27. The highest BCUT2D eigenvalue weighted by Gasteiger charge is 2.30. The fourth-order valence-electron chi connectivity index (χ4n) is 12.4. The summed E-state index contributed by atoms with van der Waals surface area (Å²) in [4.78, 5) is 74.0. The number of hydrogen-bond donors (Lipinski definition) is 3. The first-order valence-corrected chi connectivity index (χ1v) is 35.2. The molecule has 0 unspecified atom stereocenters. The average molecular weight is 1540 g/mol. The standard InChI is InChI=1S/C72H75BBr2F3N13O12/c1-95-61-31-49-58(79-40-82-67(49)85-55-7-4-46(73)28-52(55)76)34-64(61)101-37-43-10-16-89(17-11-43)70(92)98-25-22-88(23-26-99-71(93)90-18-12-44(13-19-90)38-102-65-35-59-50(32-62(65)96-2)68(83-41-80-59)86-56-8-5-47(74)29-53(56)77)24-27-100-72(94)91-20-14-45(15-21-91)39-103-66-36-60-51(33-63(66)97-3)69(84-42-81-60)87-57-9-6-48(75)30-54(57)78/h4-9,28-36,40-45H,10-27,37-39H2,1-3H3,(H,79,82,85)(H,80,83,86)(H,81,84,87). The molecule has 31 heteroatoms. The first kappa shape index (κ1) is 72.9. The van der Waals surface area contributed by atoms with Gasteiger partial charge in [0.15, 0.2) is 34.5 Å². The number of anilines is 6. The Morgan fingerprint density at radius 1 is 0.447 bits per heavy atom. The number of nitrogens with zero attached hydrogens (tertiary/aromatic N) is 10. The van der Waals surface area contributed by atoms with Crippen molar-refractivity contribution < 1.29 is 70.2 Å². The maximum atomic E-state index is 14.8. The predicted octanol–water partition coefficient (Wildman–Crippen LogP) is 12.9. The van der Waals surface area contributed by atoms with E-state index in [9.17, 15) is 27.6 Å². The number of carbonyl (C=O) groups is 3. The van der Waals surface area contributed by atoms with Crippen molar-refractivity contribution in [3.05, 3.63) is 136 Å². The van der Waals surface area contributed by atoms with Crippen molar-refractivity contribution in [3.63, 3.8) is 0 Å². The van der Waals surface area contributed by atoms with E-state index in [1.54, 1.807) is 81.4 Å². The van der Waals surface area contributed by atoms with Gasteiger partial charge in [-0.25, -0.2) is 57.5 Å². The van der Waals surface area contributed by atoms with Crippen LogP contribution in [0.3, 0.4) is 0 Å². The zero-order valence-corrected chi connectivity index (χ0v) is 60.0. The number of fused-ring (bicyclic) bond motifs is 3. The third-order valence-corrected chi connectivity index (χ3v) is 19.3. The van der Waals surface area contributed by atoms with Gasteiger partial charge in [-0.15, -0.1) is 0 Å². The first-order chi connectivity index (χ1) is 50.0. The minimum Gasteiger partial charge on any atom is -0.493 e. The largest absolute Gasteiger partial charge is 0.493 e. The molecule has 6 heterocycles. The van der Waals surface area contributed by atoms with E-state index in [1.165, 1.54) is 64.6 Å². The Hall–Kier alpha value is -9.88. The molecule has 3 saturated heterocycles. The summed E-state index contributed by atoms with van der Waals surface area (Å²) in [6, 6.07) is 24.3. The second-order valence-corrected chi connectivity index (χ2v) is 26.8. The van der Waals surface area contributed by atoms with Crippen LogP contribution in [0.2, 0.25) is 0 Å². The summed E-state index contributed by atoms with van der Waals surface area (Å²) in [5.41, 5.74) is 2.68. The zero-order valence-electron chi connectivity index (χ0n) is 56.8. The Kier molecular flexibility index (Phi) is 24.3. The fourth-order valence-corrected chi connectivity index (χ4v) is 13.0. The maximum absolute atomic E-state index is 14.8. The van der Waals surface area contributed by atoms with Crippen LogP contribution in [0, 0.1) is 35.2 Å².